The lowest BCUT2D eigenvalue weighted by Gasteiger charge is -2.24. The van der Waals surface area contributed by atoms with E-state index >= 15 is 0 Å². The minimum absolute atomic E-state index is 0.000597. The Hall–Kier alpha value is -2.94. The molecular formula is C19H20FN3O2. The number of ether oxygens (including phenoxy) is 1. The van der Waals surface area contributed by atoms with Crippen molar-refractivity contribution >= 4 is 6.09 Å². The van der Waals surface area contributed by atoms with Gasteiger partial charge < -0.3 is 9.64 Å². The van der Waals surface area contributed by atoms with Crippen LogP contribution in [0.25, 0.3) is 11.3 Å². The van der Waals surface area contributed by atoms with Crippen molar-refractivity contribution in [3.63, 3.8) is 0 Å². The van der Waals surface area contributed by atoms with Crippen molar-refractivity contribution < 1.29 is 13.9 Å². The Morgan fingerprint density at radius 2 is 2.04 bits per heavy atom. The van der Waals surface area contributed by atoms with E-state index < -0.39 is 17.5 Å². The van der Waals surface area contributed by atoms with Gasteiger partial charge in [0.25, 0.3) is 0 Å². The van der Waals surface area contributed by atoms with Gasteiger partial charge in [0.1, 0.15) is 17.5 Å². The maximum absolute atomic E-state index is 13.7. The molecule has 1 aromatic carbocycles. The first-order valence-electron chi connectivity index (χ1n) is 7.78. The van der Waals surface area contributed by atoms with E-state index in [1.54, 1.807) is 31.4 Å². The van der Waals surface area contributed by atoms with Gasteiger partial charge in [-0.1, -0.05) is 12.1 Å². The Bertz CT molecular complexity index is 805. The van der Waals surface area contributed by atoms with Crippen LogP contribution in [0, 0.1) is 17.1 Å². The molecule has 0 saturated heterocycles. The van der Waals surface area contributed by atoms with E-state index in [4.69, 9.17) is 10.00 Å². The van der Waals surface area contributed by atoms with Crippen LogP contribution in [0.1, 0.15) is 31.9 Å². The average Bonchev–Trinajstić information content (AvgIpc) is 2.54. The molecule has 130 valence electrons. The predicted molar refractivity (Wildman–Crippen MR) is 92.0 cm³/mol. The first-order chi connectivity index (χ1) is 11.7. The van der Waals surface area contributed by atoms with Crippen LogP contribution in [0.15, 0.2) is 36.5 Å². The van der Waals surface area contributed by atoms with Crippen molar-refractivity contribution in [2.75, 3.05) is 7.05 Å². The summed E-state index contributed by atoms with van der Waals surface area (Å²) in [4.78, 5) is 17.7. The summed E-state index contributed by atoms with van der Waals surface area (Å²) in [6.45, 7) is 5.79. The molecular weight excluding hydrogens is 321 g/mol. The zero-order valence-electron chi connectivity index (χ0n) is 14.7. The Labute approximate surface area is 146 Å². The summed E-state index contributed by atoms with van der Waals surface area (Å²) >= 11 is 0. The van der Waals surface area contributed by atoms with Crippen molar-refractivity contribution in [2.45, 2.75) is 32.9 Å². The number of pyridine rings is 1. The summed E-state index contributed by atoms with van der Waals surface area (Å²) < 4.78 is 19.0. The summed E-state index contributed by atoms with van der Waals surface area (Å²) in [5.74, 6) is -0.574. The van der Waals surface area contributed by atoms with Crippen LogP contribution < -0.4 is 0 Å². The van der Waals surface area contributed by atoms with Crippen molar-refractivity contribution in [1.82, 2.24) is 9.88 Å². The number of benzene rings is 1. The molecule has 0 fully saturated rings. The summed E-state index contributed by atoms with van der Waals surface area (Å²) in [5, 5.41) is 8.77. The zero-order valence-corrected chi connectivity index (χ0v) is 14.7. The van der Waals surface area contributed by atoms with E-state index in [1.165, 1.54) is 17.0 Å². The number of carbonyl (C=O) groups is 1. The van der Waals surface area contributed by atoms with Crippen LogP contribution in [-0.2, 0) is 11.3 Å². The SMILES string of the molecule is CN(Cc1ccc(-c2ccc(C#N)c(F)c2)nc1)C(=O)OC(C)(C)C. The molecule has 0 aliphatic heterocycles. The van der Waals surface area contributed by atoms with Gasteiger partial charge >= 0.3 is 6.09 Å². The van der Waals surface area contributed by atoms with Gasteiger partial charge in [0, 0.05) is 18.8 Å². The molecule has 1 amide bonds. The molecule has 0 atom stereocenters. The maximum atomic E-state index is 13.7. The quantitative estimate of drug-likeness (QED) is 0.842. The van der Waals surface area contributed by atoms with Crippen molar-refractivity contribution in [3.05, 3.63) is 53.5 Å². The molecule has 2 rings (SSSR count). The van der Waals surface area contributed by atoms with E-state index in [1.807, 2.05) is 26.8 Å². The second-order valence-electron chi connectivity index (χ2n) is 6.69. The van der Waals surface area contributed by atoms with Gasteiger partial charge in [-0.05, 0) is 44.5 Å². The smallest absolute Gasteiger partial charge is 0.410 e. The number of hydrogen-bond donors (Lipinski definition) is 0. The Morgan fingerprint density at radius 3 is 2.56 bits per heavy atom. The van der Waals surface area contributed by atoms with Gasteiger partial charge in [-0.2, -0.15) is 5.26 Å². The summed E-state index contributed by atoms with van der Waals surface area (Å²) in [7, 11) is 1.65. The van der Waals surface area contributed by atoms with Crippen LogP contribution in [0.4, 0.5) is 9.18 Å². The van der Waals surface area contributed by atoms with Gasteiger partial charge in [0.2, 0.25) is 0 Å². The molecule has 5 nitrogen and oxygen atoms in total. The number of hydrogen-bond acceptors (Lipinski definition) is 4. The normalized spacial score (nSPS) is 10.9. The Kier molecular flexibility index (Phi) is 5.38. The second kappa shape index (κ2) is 7.31. The number of aromatic nitrogens is 1. The third-order valence-corrected chi connectivity index (χ3v) is 3.33. The highest BCUT2D eigenvalue weighted by molar-refractivity contribution is 5.67. The third-order valence-electron chi connectivity index (χ3n) is 3.33. The van der Waals surface area contributed by atoms with E-state index in [9.17, 15) is 9.18 Å². The fourth-order valence-electron chi connectivity index (χ4n) is 2.13. The van der Waals surface area contributed by atoms with Crippen LogP contribution in [0.5, 0.6) is 0 Å². The fourth-order valence-corrected chi connectivity index (χ4v) is 2.13. The fraction of sp³-hybridized carbons (Fsp3) is 0.316. The van der Waals surface area contributed by atoms with E-state index in [0.717, 1.165) is 5.56 Å². The van der Waals surface area contributed by atoms with Gasteiger partial charge in [0.05, 0.1) is 17.8 Å². The number of amides is 1. The van der Waals surface area contributed by atoms with Crippen LogP contribution in [-0.4, -0.2) is 28.6 Å². The lowest BCUT2D eigenvalue weighted by atomic mass is 10.1. The molecule has 0 spiro atoms. The van der Waals surface area contributed by atoms with Crippen molar-refractivity contribution in [1.29, 1.82) is 5.26 Å². The first-order valence-corrected chi connectivity index (χ1v) is 7.78. The van der Waals surface area contributed by atoms with E-state index in [2.05, 4.69) is 4.98 Å². The molecule has 0 saturated carbocycles. The average molecular weight is 341 g/mol. The summed E-state index contributed by atoms with van der Waals surface area (Å²) in [5.41, 5.74) is 1.45. The molecule has 1 heterocycles. The van der Waals surface area contributed by atoms with Crippen LogP contribution in [0.3, 0.4) is 0 Å². The van der Waals surface area contributed by atoms with Gasteiger partial charge in [-0.25, -0.2) is 9.18 Å². The van der Waals surface area contributed by atoms with Crippen molar-refractivity contribution in [3.8, 4) is 17.3 Å². The summed E-state index contributed by atoms with van der Waals surface area (Å²) in [6.07, 6.45) is 1.22. The van der Waals surface area contributed by atoms with Crippen molar-refractivity contribution in [2.24, 2.45) is 0 Å². The number of carbonyl (C=O) groups excluding carboxylic acids is 1. The van der Waals surface area contributed by atoms with E-state index in [0.29, 0.717) is 17.8 Å². The predicted octanol–water partition coefficient (Wildman–Crippen LogP) is 4.13. The highest BCUT2D eigenvalue weighted by Gasteiger charge is 2.19. The van der Waals surface area contributed by atoms with Gasteiger partial charge in [-0.15, -0.1) is 0 Å². The van der Waals surface area contributed by atoms with E-state index in [-0.39, 0.29) is 5.56 Å². The first kappa shape index (κ1) is 18.4. The maximum Gasteiger partial charge on any atom is 0.410 e. The number of nitriles is 1. The summed E-state index contributed by atoms with van der Waals surface area (Å²) in [6, 6.07) is 9.72. The molecule has 0 unspecified atom stereocenters. The van der Waals surface area contributed by atoms with Gasteiger partial charge in [0.15, 0.2) is 0 Å². The molecule has 0 radical (unpaired) electrons. The minimum atomic E-state index is -0.574. The monoisotopic (exact) mass is 341 g/mol. The van der Waals surface area contributed by atoms with Crippen LogP contribution in [0.2, 0.25) is 0 Å². The second-order valence-corrected chi connectivity index (χ2v) is 6.69. The Balaban J connectivity index is 2.08. The molecule has 0 bridgehead atoms. The number of rotatable bonds is 3. The minimum Gasteiger partial charge on any atom is -0.444 e. The van der Waals surface area contributed by atoms with Crippen LogP contribution >= 0.6 is 0 Å². The largest absolute Gasteiger partial charge is 0.444 e. The lowest BCUT2D eigenvalue weighted by Crippen LogP contribution is -2.33. The standard InChI is InChI=1S/C19H20FN3O2/c1-19(2,3)25-18(24)23(4)12-13-5-8-17(22-11-13)14-6-7-15(10-21)16(20)9-14/h5-9,11H,12H2,1-4H3. The number of halogens is 1. The topological polar surface area (TPSA) is 66.2 Å². The van der Waals surface area contributed by atoms with Gasteiger partial charge in [-0.3, -0.25) is 4.98 Å². The molecule has 0 N–H and O–H groups in total. The molecule has 1 aromatic heterocycles. The zero-order chi connectivity index (χ0) is 18.6. The number of nitrogens with zero attached hydrogens (tertiary/aromatic N) is 3. The highest BCUT2D eigenvalue weighted by atomic mass is 19.1. The molecule has 25 heavy (non-hydrogen) atoms. The molecule has 0 aliphatic carbocycles. The Morgan fingerprint density at radius 1 is 1.32 bits per heavy atom. The lowest BCUT2D eigenvalue weighted by molar-refractivity contribution is 0.0285. The third kappa shape index (κ3) is 5.01. The molecule has 6 heteroatoms. The molecule has 2 aromatic rings. The highest BCUT2D eigenvalue weighted by Crippen LogP contribution is 2.20. The molecule has 0 aliphatic rings.